The van der Waals surface area contributed by atoms with Gasteiger partial charge >= 0.3 is 5.97 Å². The monoisotopic (exact) mass is 349 g/mol. The van der Waals surface area contributed by atoms with Gasteiger partial charge in [-0.3, -0.25) is 0 Å². The summed E-state index contributed by atoms with van der Waals surface area (Å²) in [6.07, 6.45) is 0. The lowest BCUT2D eigenvalue weighted by molar-refractivity contribution is 0.0594. The first-order valence-electron chi connectivity index (χ1n) is 6.31. The van der Waals surface area contributed by atoms with Crippen LogP contribution in [0.4, 0.5) is 17.2 Å². The van der Waals surface area contributed by atoms with Crippen LogP contribution in [0.2, 0.25) is 0 Å². The summed E-state index contributed by atoms with van der Waals surface area (Å²) in [5.41, 5.74) is 9.61. The van der Waals surface area contributed by atoms with E-state index in [9.17, 15) is 4.79 Å². The van der Waals surface area contributed by atoms with Gasteiger partial charge in [0.25, 0.3) is 0 Å². The number of nitrogen functional groups attached to an aromatic ring is 1. The summed E-state index contributed by atoms with van der Waals surface area (Å²) in [7, 11) is 1.32. The van der Waals surface area contributed by atoms with Gasteiger partial charge in [-0.2, -0.15) is 0 Å². The molecular formula is C15H16BrN3O2. The molecule has 21 heavy (non-hydrogen) atoms. The van der Waals surface area contributed by atoms with Crippen molar-refractivity contribution in [3.05, 3.63) is 45.6 Å². The quantitative estimate of drug-likeness (QED) is 0.828. The molecule has 0 atom stereocenters. The number of aromatic nitrogens is 1. The third-order valence-corrected chi connectivity index (χ3v) is 3.52. The van der Waals surface area contributed by atoms with Crippen molar-refractivity contribution in [2.75, 3.05) is 18.2 Å². The van der Waals surface area contributed by atoms with E-state index in [1.54, 1.807) is 6.07 Å². The van der Waals surface area contributed by atoms with E-state index in [4.69, 9.17) is 5.73 Å². The number of ether oxygens (including phenoxy) is 1. The second-order valence-electron chi connectivity index (χ2n) is 4.67. The smallest absolute Gasteiger partial charge is 0.356 e. The predicted octanol–water partition coefficient (Wildman–Crippen LogP) is 3.57. The topological polar surface area (TPSA) is 77.2 Å². The number of aryl methyl sites for hydroxylation is 2. The molecule has 0 spiro atoms. The molecule has 1 heterocycles. The highest BCUT2D eigenvalue weighted by Gasteiger charge is 2.12. The Morgan fingerprint density at radius 2 is 1.90 bits per heavy atom. The van der Waals surface area contributed by atoms with Crippen LogP contribution in [0.1, 0.15) is 21.6 Å². The maximum Gasteiger partial charge on any atom is 0.356 e. The first-order valence-corrected chi connectivity index (χ1v) is 7.10. The molecule has 0 aliphatic rings. The minimum atomic E-state index is -0.498. The first-order chi connectivity index (χ1) is 9.92. The molecule has 0 fully saturated rings. The van der Waals surface area contributed by atoms with E-state index in [0.29, 0.717) is 11.5 Å². The van der Waals surface area contributed by atoms with Gasteiger partial charge in [0.2, 0.25) is 0 Å². The Hall–Kier alpha value is -2.08. The number of hydrogen-bond donors (Lipinski definition) is 2. The minimum absolute atomic E-state index is 0.210. The number of halogens is 1. The molecule has 1 aromatic heterocycles. The third-order valence-electron chi connectivity index (χ3n) is 3.06. The van der Waals surface area contributed by atoms with Crippen LogP contribution in [-0.2, 0) is 4.74 Å². The molecule has 2 aromatic rings. The second-order valence-corrected chi connectivity index (χ2v) is 5.58. The molecule has 0 saturated carbocycles. The van der Waals surface area contributed by atoms with Gasteiger partial charge in [0.1, 0.15) is 0 Å². The molecule has 0 saturated heterocycles. The van der Waals surface area contributed by atoms with Gasteiger partial charge < -0.3 is 15.8 Å². The normalized spacial score (nSPS) is 10.3. The van der Waals surface area contributed by atoms with Gasteiger partial charge in [-0.1, -0.05) is 15.9 Å². The number of anilines is 3. The number of carbonyl (C=O) groups excluding carboxylic acids is 1. The molecule has 0 bridgehead atoms. The number of rotatable bonds is 3. The lowest BCUT2D eigenvalue weighted by Crippen LogP contribution is -2.08. The zero-order valence-corrected chi connectivity index (χ0v) is 13.6. The number of esters is 1. The second kappa shape index (κ2) is 6.13. The maximum absolute atomic E-state index is 11.5. The number of methoxy groups -OCH3 is 1. The number of nitrogens with one attached hydrogen (secondary N) is 1. The summed E-state index contributed by atoms with van der Waals surface area (Å²) in [5.74, 6) is -0.0614. The Kier molecular flexibility index (Phi) is 4.47. The SMILES string of the molecule is COC(=O)c1ccc(N)c(Nc2c(C)cc(Br)cc2C)n1. The lowest BCUT2D eigenvalue weighted by atomic mass is 10.1. The fourth-order valence-electron chi connectivity index (χ4n) is 2.01. The zero-order valence-electron chi connectivity index (χ0n) is 12.0. The van der Waals surface area contributed by atoms with Crippen molar-refractivity contribution in [3.8, 4) is 0 Å². The summed E-state index contributed by atoms with van der Waals surface area (Å²) >= 11 is 3.46. The van der Waals surface area contributed by atoms with Crippen molar-refractivity contribution in [2.24, 2.45) is 0 Å². The highest BCUT2D eigenvalue weighted by atomic mass is 79.9. The van der Waals surface area contributed by atoms with E-state index in [1.807, 2.05) is 26.0 Å². The number of pyridine rings is 1. The summed E-state index contributed by atoms with van der Waals surface area (Å²) in [6, 6.07) is 7.16. The van der Waals surface area contributed by atoms with Crippen LogP contribution in [-0.4, -0.2) is 18.1 Å². The van der Waals surface area contributed by atoms with Crippen molar-refractivity contribution >= 4 is 39.1 Å². The summed E-state index contributed by atoms with van der Waals surface area (Å²) in [5, 5.41) is 3.19. The average molecular weight is 350 g/mol. The maximum atomic E-state index is 11.5. The number of benzene rings is 1. The Morgan fingerprint density at radius 3 is 2.48 bits per heavy atom. The molecule has 2 rings (SSSR count). The molecule has 6 heteroatoms. The average Bonchev–Trinajstić information content (AvgIpc) is 2.43. The first kappa shape index (κ1) is 15.3. The van der Waals surface area contributed by atoms with Crippen LogP contribution < -0.4 is 11.1 Å². The van der Waals surface area contributed by atoms with E-state index in [-0.39, 0.29) is 5.69 Å². The fraction of sp³-hybridized carbons (Fsp3) is 0.200. The van der Waals surface area contributed by atoms with Crippen LogP contribution in [0.15, 0.2) is 28.7 Å². The molecular weight excluding hydrogens is 334 g/mol. The summed E-state index contributed by atoms with van der Waals surface area (Å²) in [4.78, 5) is 15.8. The van der Waals surface area contributed by atoms with Gasteiger partial charge in [-0.15, -0.1) is 0 Å². The number of nitrogens with zero attached hydrogens (tertiary/aromatic N) is 1. The molecule has 3 N–H and O–H groups in total. The molecule has 0 unspecified atom stereocenters. The van der Waals surface area contributed by atoms with Gasteiger partial charge in [-0.25, -0.2) is 9.78 Å². The van der Waals surface area contributed by atoms with Crippen LogP contribution in [0.3, 0.4) is 0 Å². The van der Waals surface area contributed by atoms with Gasteiger partial charge in [0, 0.05) is 10.2 Å². The fourth-order valence-corrected chi connectivity index (χ4v) is 2.70. The third kappa shape index (κ3) is 3.33. The largest absolute Gasteiger partial charge is 0.464 e. The lowest BCUT2D eigenvalue weighted by Gasteiger charge is -2.14. The molecule has 0 radical (unpaired) electrons. The van der Waals surface area contributed by atoms with Crippen LogP contribution in [0.5, 0.6) is 0 Å². The van der Waals surface area contributed by atoms with E-state index >= 15 is 0 Å². The van der Waals surface area contributed by atoms with Crippen LogP contribution in [0.25, 0.3) is 0 Å². The Morgan fingerprint density at radius 1 is 1.29 bits per heavy atom. The zero-order chi connectivity index (χ0) is 15.6. The molecule has 0 aliphatic carbocycles. The molecule has 1 aromatic carbocycles. The molecule has 110 valence electrons. The van der Waals surface area contributed by atoms with E-state index in [2.05, 4.69) is 31.0 Å². The number of hydrogen-bond acceptors (Lipinski definition) is 5. The number of nitrogens with two attached hydrogens (primary N) is 1. The van der Waals surface area contributed by atoms with Gasteiger partial charge in [-0.05, 0) is 49.2 Å². The van der Waals surface area contributed by atoms with E-state index in [0.717, 1.165) is 21.3 Å². The Labute approximate surface area is 131 Å². The van der Waals surface area contributed by atoms with Crippen LogP contribution >= 0.6 is 15.9 Å². The minimum Gasteiger partial charge on any atom is -0.464 e. The Bertz CT molecular complexity index is 678. The number of carbonyl (C=O) groups is 1. The van der Waals surface area contributed by atoms with Crippen molar-refractivity contribution in [3.63, 3.8) is 0 Å². The highest BCUT2D eigenvalue weighted by Crippen LogP contribution is 2.29. The summed E-state index contributed by atoms with van der Waals surface area (Å²) < 4.78 is 5.68. The van der Waals surface area contributed by atoms with Gasteiger partial charge in [0.15, 0.2) is 11.5 Å². The molecule has 0 amide bonds. The van der Waals surface area contributed by atoms with Crippen molar-refractivity contribution in [2.45, 2.75) is 13.8 Å². The molecule has 0 aliphatic heterocycles. The van der Waals surface area contributed by atoms with Crippen molar-refractivity contribution in [1.29, 1.82) is 0 Å². The van der Waals surface area contributed by atoms with Crippen molar-refractivity contribution in [1.82, 2.24) is 4.98 Å². The standard InChI is InChI=1S/C15H16BrN3O2/c1-8-6-10(16)7-9(2)13(8)19-14-11(17)4-5-12(18-14)15(20)21-3/h4-7H,17H2,1-3H3,(H,18,19). The summed E-state index contributed by atoms with van der Waals surface area (Å²) in [6.45, 7) is 3.97. The van der Waals surface area contributed by atoms with Gasteiger partial charge in [0.05, 0.1) is 12.8 Å². The van der Waals surface area contributed by atoms with Crippen LogP contribution in [0, 0.1) is 13.8 Å². The van der Waals surface area contributed by atoms with E-state index < -0.39 is 5.97 Å². The molecule has 5 nitrogen and oxygen atoms in total. The Balaban J connectivity index is 2.42. The highest BCUT2D eigenvalue weighted by molar-refractivity contribution is 9.10. The van der Waals surface area contributed by atoms with Crippen molar-refractivity contribution < 1.29 is 9.53 Å². The predicted molar refractivity (Wildman–Crippen MR) is 86.9 cm³/mol. The van der Waals surface area contributed by atoms with E-state index in [1.165, 1.54) is 13.2 Å².